The molecule has 0 saturated heterocycles. The van der Waals surface area contributed by atoms with Crippen molar-refractivity contribution >= 4 is 24.2 Å². The van der Waals surface area contributed by atoms with Crippen molar-refractivity contribution in [3.05, 3.63) is 70.8 Å². The summed E-state index contributed by atoms with van der Waals surface area (Å²) in [4.78, 5) is 26.3. The fraction of sp³-hybridized carbons (Fsp3) is 0.364. The lowest BCUT2D eigenvalue weighted by Crippen LogP contribution is -2.32. The highest BCUT2D eigenvalue weighted by molar-refractivity contribution is 5.99. The first-order valence-electron chi connectivity index (χ1n) is 9.32. The van der Waals surface area contributed by atoms with Crippen LogP contribution in [0.15, 0.2) is 48.5 Å². The van der Waals surface area contributed by atoms with E-state index in [-0.39, 0.29) is 30.3 Å². The van der Waals surface area contributed by atoms with Gasteiger partial charge in [-0.05, 0) is 42.2 Å². The number of hydrogen-bond acceptors (Lipinski definition) is 3. The Morgan fingerprint density at radius 3 is 2.18 bits per heavy atom. The molecule has 0 aromatic heterocycles. The molecule has 0 radical (unpaired) electrons. The van der Waals surface area contributed by atoms with Gasteiger partial charge in [0.05, 0.1) is 0 Å². The quantitative estimate of drug-likeness (QED) is 0.739. The van der Waals surface area contributed by atoms with Crippen LogP contribution in [0.1, 0.15) is 64.6 Å². The number of carbonyl (C=O) groups is 2. The lowest BCUT2D eigenvalue weighted by molar-refractivity contribution is 0.0802. The minimum Gasteiger partial charge on any atom is -0.350 e. The highest BCUT2D eigenvalue weighted by atomic mass is 35.5. The highest BCUT2D eigenvalue weighted by Crippen LogP contribution is 2.17. The van der Waals surface area contributed by atoms with Gasteiger partial charge in [0.15, 0.2) is 0 Å². The van der Waals surface area contributed by atoms with Crippen molar-refractivity contribution in [2.45, 2.75) is 32.7 Å². The second-order valence-electron chi connectivity index (χ2n) is 7.04. The van der Waals surface area contributed by atoms with E-state index in [0.717, 1.165) is 5.56 Å². The summed E-state index contributed by atoms with van der Waals surface area (Å²) in [5.74, 6) is 0.129. The second kappa shape index (κ2) is 10.8. The molecular formula is C22H30ClN3O2. The van der Waals surface area contributed by atoms with Gasteiger partial charge in [-0.25, -0.2) is 0 Å². The maximum Gasteiger partial charge on any atom is 0.253 e. The number of nitrogens with two attached hydrogens (primary N) is 1. The third kappa shape index (κ3) is 6.08. The summed E-state index contributed by atoms with van der Waals surface area (Å²) in [6, 6.07) is 14.6. The molecule has 152 valence electrons. The highest BCUT2D eigenvalue weighted by Gasteiger charge is 2.14. The molecule has 6 heteroatoms. The SMILES string of the molecule is CCN(C)C(=O)c1cccc(C(=O)NCC(N)c2ccc(C(C)C)cc2)c1.Cl. The molecular weight excluding hydrogens is 374 g/mol. The van der Waals surface area contributed by atoms with Crippen LogP contribution in [0.25, 0.3) is 0 Å². The number of benzene rings is 2. The summed E-state index contributed by atoms with van der Waals surface area (Å²) >= 11 is 0. The van der Waals surface area contributed by atoms with Gasteiger partial charge >= 0.3 is 0 Å². The van der Waals surface area contributed by atoms with E-state index in [9.17, 15) is 9.59 Å². The maximum atomic E-state index is 12.4. The van der Waals surface area contributed by atoms with Crippen molar-refractivity contribution in [3.63, 3.8) is 0 Å². The molecule has 2 amide bonds. The standard InChI is InChI=1S/C22H29N3O2.ClH/c1-5-25(4)22(27)19-8-6-7-18(13-19)21(26)24-14-20(23)17-11-9-16(10-12-17)15(2)3;/h6-13,15,20H,5,14,23H2,1-4H3,(H,24,26);1H. The lowest BCUT2D eigenvalue weighted by Gasteiger charge is -2.16. The van der Waals surface area contributed by atoms with Crippen LogP contribution in [0.5, 0.6) is 0 Å². The summed E-state index contributed by atoms with van der Waals surface area (Å²) in [6.07, 6.45) is 0. The largest absolute Gasteiger partial charge is 0.350 e. The molecule has 2 aromatic rings. The van der Waals surface area contributed by atoms with Crippen LogP contribution in [0.4, 0.5) is 0 Å². The van der Waals surface area contributed by atoms with Gasteiger partial charge in [0.25, 0.3) is 11.8 Å². The fourth-order valence-electron chi connectivity index (χ4n) is 2.71. The van der Waals surface area contributed by atoms with Gasteiger partial charge in [0.2, 0.25) is 0 Å². The Morgan fingerprint density at radius 2 is 1.61 bits per heavy atom. The minimum atomic E-state index is -0.286. The van der Waals surface area contributed by atoms with E-state index in [2.05, 4.69) is 31.3 Å². The van der Waals surface area contributed by atoms with E-state index in [1.165, 1.54) is 5.56 Å². The third-order valence-corrected chi connectivity index (χ3v) is 4.71. The predicted octanol–water partition coefficient (Wildman–Crippen LogP) is 3.75. The molecule has 2 aromatic carbocycles. The van der Waals surface area contributed by atoms with E-state index < -0.39 is 0 Å². The van der Waals surface area contributed by atoms with Gasteiger partial charge in [-0.2, -0.15) is 0 Å². The monoisotopic (exact) mass is 403 g/mol. The molecule has 0 aliphatic rings. The van der Waals surface area contributed by atoms with Crippen molar-refractivity contribution in [2.24, 2.45) is 5.73 Å². The maximum absolute atomic E-state index is 12.4. The molecule has 2 rings (SSSR count). The van der Waals surface area contributed by atoms with Crippen LogP contribution in [-0.4, -0.2) is 36.9 Å². The predicted molar refractivity (Wildman–Crippen MR) is 116 cm³/mol. The number of nitrogens with zero attached hydrogens (tertiary/aromatic N) is 1. The fourth-order valence-corrected chi connectivity index (χ4v) is 2.71. The van der Waals surface area contributed by atoms with Crippen molar-refractivity contribution in [1.29, 1.82) is 0 Å². The van der Waals surface area contributed by atoms with Crippen molar-refractivity contribution in [3.8, 4) is 0 Å². The number of hydrogen-bond donors (Lipinski definition) is 2. The molecule has 0 spiro atoms. The zero-order valence-electron chi connectivity index (χ0n) is 16.9. The van der Waals surface area contributed by atoms with Crippen LogP contribution in [0.2, 0.25) is 0 Å². The first kappa shape index (κ1) is 23.7. The molecule has 5 nitrogen and oxygen atoms in total. The number of halogens is 1. The van der Waals surface area contributed by atoms with Crippen molar-refractivity contribution < 1.29 is 9.59 Å². The summed E-state index contributed by atoms with van der Waals surface area (Å²) in [5.41, 5.74) is 9.40. The average Bonchev–Trinajstić information content (AvgIpc) is 2.70. The van der Waals surface area contributed by atoms with Crippen LogP contribution >= 0.6 is 12.4 Å². The Bertz CT molecular complexity index is 791. The van der Waals surface area contributed by atoms with E-state index in [1.807, 2.05) is 19.1 Å². The summed E-state index contributed by atoms with van der Waals surface area (Å²) < 4.78 is 0. The topological polar surface area (TPSA) is 75.4 Å². The van der Waals surface area contributed by atoms with Gasteiger partial charge in [0, 0.05) is 37.3 Å². The van der Waals surface area contributed by atoms with Crippen LogP contribution in [-0.2, 0) is 0 Å². The van der Waals surface area contributed by atoms with Gasteiger partial charge in [-0.3, -0.25) is 9.59 Å². The lowest BCUT2D eigenvalue weighted by atomic mass is 9.99. The summed E-state index contributed by atoms with van der Waals surface area (Å²) in [7, 11) is 1.73. The molecule has 28 heavy (non-hydrogen) atoms. The Morgan fingerprint density at radius 1 is 1.04 bits per heavy atom. The van der Waals surface area contributed by atoms with E-state index >= 15 is 0 Å². The van der Waals surface area contributed by atoms with Crippen LogP contribution < -0.4 is 11.1 Å². The van der Waals surface area contributed by atoms with Gasteiger partial charge < -0.3 is 16.0 Å². The van der Waals surface area contributed by atoms with Crippen molar-refractivity contribution in [2.75, 3.05) is 20.1 Å². The van der Waals surface area contributed by atoms with Crippen LogP contribution in [0.3, 0.4) is 0 Å². The number of amides is 2. The molecule has 1 atom stereocenters. The minimum absolute atomic E-state index is 0. The second-order valence-corrected chi connectivity index (χ2v) is 7.04. The molecule has 3 N–H and O–H groups in total. The van der Waals surface area contributed by atoms with Crippen LogP contribution in [0, 0.1) is 0 Å². The molecule has 0 aliphatic heterocycles. The normalized spacial score (nSPS) is 11.5. The van der Waals surface area contributed by atoms with E-state index in [1.54, 1.807) is 36.2 Å². The van der Waals surface area contributed by atoms with E-state index in [0.29, 0.717) is 30.1 Å². The smallest absolute Gasteiger partial charge is 0.253 e. The number of nitrogens with one attached hydrogen (secondary N) is 1. The Hall–Kier alpha value is -2.37. The van der Waals surface area contributed by atoms with Gasteiger partial charge in [-0.15, -0.1) is 12.4 Å². The van der Waals surface area contributed by atoms with Gasteiger partial charge in [0.1, 0.15) is 0 Å². The Kier molecular flexibility index (Phi) is 9.16. The molecule has 0 bridgehead atoms. The molecule has 0 heterocycles. The zero-order valence-corrected chi connectivity index (χ0v) is 17.8. The first-order valence-corrected chi connectivity index (χ1v) is 9.32. The first-order chi connectivity index (χ1) is 12.8. The zero-order chi connectivity index (χ0) is 20.0. The molecule has 0 saturated carbocycles. The summed E-state index contributed by atoms with van der Waals surface area (Å²) in [5, 5.41) is 2.86. The third-order valence-electron chi connectivity index (χ3n) is 4.71. The summed E-state index contributed by atoms with van der Waals surface area (Å²) in [6.45, 7) is 7.13. The van der Waals surface area contributed by atoms with Crippen molar-refractivity contribution in [1.82, 2.24) is 10.2 Å². The molecule has 1 unspecified atom stereocenters. The van der Waals surface area contributed by atoms with Gasteiger partial charge in [-0.1, -0.05) is 44.2 Å². The molecule has 0 fully saturated rings. The number of carbonyl (C=O) groups excluding carboxylic acids is 2. The molecule has 0 aliphatic carbocycles. The number of rotatable bonds is 7. The average molecular weight is 404 g/mol. The Balaban J connectivity index is 0.00000392. The Labute approximate surface area is 173 Å². The van der Waals surface area contributed by atoms with E-state index in [4.69, 9.17) is 5.73 Å².